The Morgan fingerprint density at radius 2 is 2.00 bits per heavy atom. The van der Waals surface area contributed by atoms with Gasteiger partial charge in [-0.1, -0.05) is 13.5 Å². The Balaban J connectivity index is 1.81. The zero-order valence-electron chi connectivity index (χ0n) is 18.7. The second-order valence-electron chi connectivity index (χ2n) is 7.60. The smallest absolute Gasteiger partial charge is 0.406 e. The van der Waals surface area contributed by atoms with Crippen LogP contribution in [-0.2, 0) is 4.79 Å². The van der Waals surface area contributed by atoms with Crippen LogP contribution in [0.3, 0.4) is 0 Å². The molecule has 0 atom stereocenters. The van der Waals surface area contributed by atoms with E-state index < -0.39 is 23.8 Å². The van der Waals surface area contributed by atoms with Gasteiger partial charge in [0.15, 0.2) is 0 Å². The van der Waals surface area contributed by atoms with Gasteiger partial charge in [0.2, 0.25) is 5.91 Å². The van der Waals surface area contributed by atoms with Crippen LogP contribution in [0.25, 0.3) is 5.57 Å². The Morgan fingerprint density at radius 3 is 2.63 bits per heavy atom. The number of allylic oxidation sites excluding steroid dienone is 1. The molecule has 2 amide bonds. The van der Waals surface area contributed by atoms with Gasteiger partial charge in [0, 0.05) is 41.1 Å². The standard InChI is InChI=1S/C24H22F4N4O3/c1-3-9-29-13-20(14(2)18-7-6-17(12-19(18)25)35-24(26,27)28)31-23(34)16-8-10-30-21(11-16)32-22(33)15-4-5-15/h6-13,15H,2-5H2,1H3,(H,31,34)(H,30,32,33). The first kappa shape index (κ1) is 25.6. The molecule has 0 bridgehead atoms. The summed E-state index contributed by atoms with van der Waals surface area (Å²) in [5.41, 5.74) is -0.0222. The minimum atomic E-state index is -4.97. The van der Waals surface area contributed by atoms with Crippen LogP contribution in [0, 0.1) is 11.7 Å². The number of alkyl halides is 3. The lowest BCUT2D eigenvalue weighted by Gasteiger charge is -2.15. The van der Waals surface area contributed by atoms with Gasteiger partial charge in [-0.05, 0) is 43.5 Å². The molecule has 11 heteroatoms. The number of amides is 2. The lowest BCUT2D eigenvalue weighted by Crippen LogP contribution is -2.24. The van der Waals surface area contributed by atoms with Gasteiger partial charge in [-0.25, -0.2) is 9.37 Å². The first-order chi connectivity index (χ1) is 16.6. The van der Waals surface area contributed by atoms with E-state index in [1.807, 2.05) is 6.92 Å². The van der Waals surface area contributed by atoms with Crippen molar-refractivity contribution in [1.29, 1.82) is 0 Å². The first-order valence-corrected chi connectivity index (χ1v) is 10.6. The number of aliphatic imine (C=N–C) groups is 1. The molecule has 1 aliphatic carbocycles. The minimum absolute atomic E-state index is 0.0171. The average molecular weight is 490 g/mol. The van der Waals surface area contributed by atoms with Gasteiger partial charge in [-0.2, -0.15) is 0 Å². The predicted octanol–water partition coefficient (Wildman–Crippen LogP) is 5.23. The molecular formula is C24H22F4N4O3. The number of nitrogens with zero attached hydrogens (tertiary/aromatic N) is 2. The number of hydrogen-bond acceptors (Lipinski definition) is 5. The van der Waals surface area contributed by atoms with Gasteiger partial charge < -0.3 is 15.4 Å². The Hall–Kier alpha value is -4.02. The lowest BCUT2D eigenvalue weighted by atomic mass is 10.0. The lowest BCUT2D eigenvalue weighted by molar-refractivity contribution is -0.274. The van der Waals surface area contributed by atoms with Crippen molar-refractivity contribution in [3.05, 3.63) is 71.9 Å². The molecule has 0 spiro atoms. The number of rotatable bonds is 9. The van der Waals surface area contributed by atoms with Gasteiger partial charge in [0.25, 0.3) is 5.91 Å². The summed E-state index contributed by atoms with van der Waals surface area (Å²) in [5.74, 6) is -2.41. The van der Waals surface area contributed by atoms with Crippen molar-refractivity contribution in [2.45, 2.75) is 32.5 Å². The van der Waals surface area contributed by atoms with E-state index in [0.29, 0.717) is 12.5 Å². The number of anilines is 1. The number of pyridine rings is 1. The van der Waals surface area contributed by atoms with Crippen molar-refractivity contribution < 1.29 is 31.9 Å². The molecule has 2 aromatic rings. The van der Waals surface area contributed by atoms with E-state index in [1.165, 1.54) is 30.7 Å². The zero-order valence-corrected chi connectivity index (χ0v) is 18.7. The van der Waals surface area contributed by atoms with Crippen molar-refractivity contribution in [1.82, 2.24) is 10.3 Å². The molecular weight excluding hydrogens is 468 g/mol. The monoisotopic (exact) mass is 490 g/mol. The van der Waals surface area contributed by atoms with Crippen LogP contribution in [0.2, 0.25) is 0 Å². The molecule has 1 saturated carbocycles. The molecule has 1 heterocycles. The van der Waals surface area contributed by atoms with Crippen LogP contribution in [0.5, 0.6) is 5.75 Å². The van der Waals surface area contributed by atoms with E-state index in [0.717, 1.165) is 25.0 Å². The number of nitrogens with one attached hydrogen (secondary N) is 2. The summed E-state index contributed by atoms with van der Waals surface area (Å²) in [5, 5.41) is 5.22. The summed E-state index contributed by atoms with van der Waals surface area (Å²) in [4.78, 5) is 32.9. The number of carbonyl (C=O) groups excluding carboxylic acids is 2. The number of carbonyl (C=O) groups is 2. The molecule has 184 valence electrons. The highest BCUT2D eigenvalue weighted by Crippen LogP contribution is 2.30. The van der Waals surface area contributed by atoms with Crippen molar-refractivity contribution in [3.63, 3.8) is 0 Å². The quantitative estimate of drug-likeness (QED) is 0.286. The molecule has 0 radical (unpaired) electrons. The van der Waals surface area contributed by atoms with E-state index in [2.05, 4.69) is 31.9 Å². The predicted molar refractivity (Wildman–Crippen MR) is 122 cm³/mol. The summed E-state index contributed by atoms with van der Waals surface area (Å²) in [6.45, 7) is 5.60. The van der Waals surface area contributed by atoms with Crippen LogP contribution in [0.1, 0.15) is 42.1 Å². The highest BCUT2D eigenvalue weighted by atomic mass is 19.4. The Labute approximate surface area is 198 Å². The number of ether oxygens (including phenoxy) is 1. The van der Waals surface area contributed by atoms with Crippen LogP contribution in [0.15, 0.2) is 60.0 Å². The Morgan fingerprint density at radius 1 is 1.26 bits per heavy atom. The first-order valence-electron chi connectivity index (χ1n) is 10.6. The molecule has 1 aromatic carbocycles. The fourth-order valence-electron chi connectivity index (χ4n) is 2.91. The van der Waals surface area contributed by atoms with Crippen LogP contribution in [0.4, 0.5) is 23.4 Å². The van der Waals surface area contributed by atoms with Gasteiger partial charge >= 0.3 is 6.36 Å². The molecule has 0 aliphatic heterocycles. The summed E-state index contributed by atoms with van der Waals surface area (Å²) < 4.78 is 55.6. The van der Waals surface area contributed by atoms with E-state index in [1.54, 1.807) is 0 Å². The third kappa shape index (κ3) is 7.49. The number of benzene rings is 1. The van der Waals surface area contributed by atoms with Crippen molar-refractivity contribution in [2.24, 2.45) is 10.9 Å². The van der Waals surface area contributed by atoms with Gasteiger partial charge in [0.05, 0.1) is 11.9 Å². The molecule has 1 aliphatic rings. The summed E-state index contributed by atoms with van der Waals surface area (Å²) in [6.07, 6.45) is 1.36. The van der Waals surface area contributed by atoms with Crippen molar-refractivity contribution >= 4 is 29.4 Å². The number of halogens is 4. The van der Waals surface area contributed by atoms with E-state index in [9.17, 15) is 27.2 Å². The number of hydrogen-bond donors (Lipinski definition) is 2. The SMILES string of the molecule is C=C(C(=CN=CCC)NC(=O)c1ccnc(NC(=O)C2CC2)c1)c1ccc(OC(F)(F)F)cc1F. The maximum Gasteiger partial charge on any atom is 0.573 e. The maximum atomic E-state index is 14.6. The minimum Gasteiger partial charge on any atom is -0.406 e. The highest BCUT2D eigenvalue weighted by Gasteiger charge is 2.31. The fraction of sp³-hybridized carbons (Fsp3) is 0.250. The van der Waals surface area contributed by atoms with Gasteiger partial charge in [0.1, 0.15) is 17.4 Å². The molecule has 3 rings (SSSR count). The Bertz CT molecular complexity index is 1190. The fourth-order valence-corrected chi connectivity index (χ4v) is 2.91. The molecule has 35 heavy (non-hydrogen) atoms. The maximum absolute atomic E-state index is 14.6. The van der Waals surface area contributed by atoms with Crippen LogP contribution in [-0.4, -0.2) is 29.4 Å². The molecule has 2 N–H and O–H groups in total. The largest absolute Gasteiger partial charge is 0.573 e. The second-order valence-corrected chi connectivity index (χ2v) is 7.60. The summed E-state index contributed by atoms with van der Waals surface area (Å²) in [7, 11) is 0. The van der Waals surface area contributed by atoms with E-state index in [-0.39, 0.29) is 40.0 Å². The van der Waals surface area contributed by atoms with Crippen LogP contribution < -0.4 is 15.4 Å². The molecule has 0 saturated heterocycles. The molecule has 1 aromatic heterocycles. The molecule has 7 nitrogen and oxygen atoms in total. The van der Waals surface area contributed by atoms with Crippen LogP contribution >= 0.6 is 0 Å². The van der Waals surface area contributed by atoms with Crippen molar-refractivity contribution in [2.75, 3.05) is 5.32 Å². The van der Waals surface area contributed by atoms with E-state index in [4.69, 9.17) is 0 Å². The van der Waals surface area contributed by atoms with Gasteiger partial charge in [-0.15, -0.1) is 13.2 Å². The van der Waals surface area contributed by atoms with E-state index >= 15 is 0 Å². The molecule has 1 fully saturated rings. The summed E-state index contributed by atoms with van der Waals surface area (Å²) in [6, 6.07) is 5.36. The molecule has 0 unspecified atom stereocenters. The topological polar surface area (TPSA) is 92.7 Å². The Kier molecular flexibility index (Phi) is 8.00. The third-order valence-electron chi connectivity index (χ3n) is 4.79. The van der Waals surface area contributed by atoms with Crippen molar-refractivity contribution in [3.8, 4) is 5.75 Å². The summed E-state index contributed by atoms with van der Waals surface area (Å²) >= 11 is 0. The number of aromatic nitrogens is 1. The zero-order chi connectivity index (χ0) is 25.6. The third-order valence-corrected chi connectivity index (χ3v) is 4.79. The normalized spacial score (nSPS) is 14.0. The van der Waals surface area contributed by atoms with Gasteiger partial charge in [-0.3, -0.25) is 14.6 Å². The average Bonchev–Trinajstić information content (AvgIpc) is 3.63. The second kappa shape index (κ2) is 10.9. The highest BCUT2D eigenvalue weighted by molar-refractivity contribution is 5.99.